The number of pyridine rings is 1. The van der Waals surface area contributed by atoms with Gasteiger partial charge in [-0.2, -0.15) is 0 Å². The molecule has 9 nitrogen and oxygen atoms in total. The minimum absolute atomic E-state index is 0.0870. The molecule has 25 heavy (non-hydrogen) atoms. The van der Waals surface area contributed by atoms with Crippen molar-refractivity contribution in [3.8, 4) is 0 Å². The maximum atomic E-state index is 12.4. The molecule has 3 aromatic heterocycles. The molecule has 0 aromatic carbocycles. The molecule has 0 fully saturated rings. The molecule has 130 valence electrons. The van der Waals surface area contributed by atoms with Gasteiger partial charge in [-0.05, 0) is 13.0 Å². The lowest BCUT2D eigenvalue weighted by atomic mass is 10.3. The molecule has 0 unspecified atom stereocenters. The van der Waals surface area contributed by atoms with Gasteiger partial charge in [0.2, 0.25) is 11.0 Å². The van der Waals surface area contributed by atoms with Crippen molar-refractivity contribution in [3.05, 3.63) is 38.1 Å². The predicted octanol–water partition coefficient (Wildman–Crippen LogP) is 0.523. The zero-order chi connectivity index (χ0) is 18.1. The third-order valence-corrected chi connectivity index (χ3v) is 5.25. The number of anilines is 1. The van der Waals surface area contributed by atoms with Crippen LogP contribution < -0.4 is 16.6 Å². The molecule has 3 heterocycles. The van der Waals surface area contributed by atoms with E-state index in [2.05, 4.69) is 20.5 Å². The van der Waals surface area contributed by atoms with Gasteiger partial charge in [0.15, 0.2) is 0 Å². The fourth-order valence-corrected chi connectivity index (χ4v) is 3.67. The number of hydrogen-bond donors (Lipinski definition) is 1. The quantitative estimate of drug-likeness (QED) is 0.659. The van der Waals surface area contributed by atoms with Crippen LogP contribution in [0.25, 0.3) is 11.0 Å². The molecule has 11 heteroatoms. The van der Waals surface area contributed by atoms with E-state index in [4.69, 9.17) is 0 Å². The molecule has 0 aliphatic rings. The highest BCUT2D eigenvalue weighted by Gasteiger charge is 2.15. The van der Waals surface area contributed by atoms with E-state index in [9.17, 15) is 14.4 Å². The van der Waals surface area contributed by atoms with Crippen LogP contribution in [0.1, 0.15) is 5.01 Å². The van der Waals surface area contributed by atoms with Crippen molar-refractivity contribution in [2.75, 3.05) is 11.1 Å². The molecule has 0 spiro atoms. The summed E-state index contributed by atoms with van der Waals surface area (Å²) in [6, 6.07) is 1.65. The first-order valence-corrected chi connectivity index (χ1v) is 8.96. The van der Waals surface area contributed by atoms with Crippen molar-refractivity contribution in [2.45, 2.75) is 11.8 Å². The Hall–Kier alpha value is -2.53. The number of aromatic nitrogens is 5. The highest BCUT2D eigenvalue weighted by Crippen LogP contribution is 2.24. The van der Waals surface area contributed by atoms with Crippen molar-refractivity contribution in [1.29, 1.82) is 0 Å². The van der Waals surface area contributed by atoms with Gasteiger partial charge in [0, 0.05) is 25.2 Å². The lowest BCUT2D eigenvalue weighted by Gasteiger charge is -2.09. The van der Waals surface area contributed by atoms with Crippen LogP contribution in [0.2, 0.25) is 0 Å². The van der Waals surface area contributed by atoms with E-state index >= 15 is 0 Å². The van der Waals surface area contributed by atoms with Crippen LogP contribution in [0, 0.1) is 6.92 Å². The minimum atomic E-state index is -0.448. The van der Waals surface area contributed by atoms with Crippen LogP contribution >= 0.6 is 23.1 Å². The summed E-state index contributed by atoms with van der Waals surface area (Å²) in [6.07, 6.45) is 1.51. The van der Waals surface area contributed by atoms with E-state index in [1.54, 1.807) is 20.0 Å². The van der Waals surface area contributed by atoms with Gasteiger partial charge in [-0.3, -0.25) is 24.0 Å². The number of nitrogens with one attached hydrogen (secondary N) is 1. The number of nitrogens with zero attached hydrogens (tertiary/aromatic N) is 5. The molecule has 1 N–H and O–H groups in total. The molecule has 0 saturated heterocycles. The second kappa shape index (κ2) is 6.76. The summed E-state index contributed by atoms with van der Waals surface area (Å²) in [7, 11) is 2.96. The Morgan fingerprint density at radius 1 is 1.28 bits per heavy atom. The molecule has 0 aliphatic carbocycles. The number of aryl methyl sites for hydroxylation is 2. The standard InChI is InChI=1S/C14H14N6O3S2/c1-7-17-18-13(25-7)16-9(21)6-24-8-4-5-15-11-10(8)12(22)20(3)14(23)19(11)2/h4-5H,6H2,1-3H3,(H,16,18,21). The zero-order valence-electron chi connectivity index (χ0n) is 13.6. The van der Waals surface area contributed by atoms with Crippen molar-refractivity contribution in [1.82, 2.24) is 24.3 Å². The molecule has 0 atom stereocenters. The minimum Gasteiger partial charge on any atom is -0.300 e. The van der Waals surface area contributed by atoms with Crippen molar-refractivity contribution < 1.29 is 4.79 Å². The summed E-state index contributed by atoms with van der Waals surface area (Å²) in [5, 5.41) is 11.8. The lowest BCUT2D eigenvalue weighted by molar-refractivity contribution is -0.113. The number of amides is 1. The maximum absolute atomic E-state index is 12.4. The highest BCUT2D eigenvalue weighted by atomic mass is 32.2. The summed E-state index contributed by atoms with van der Waals surface area (Å²) in [5.74, 6) is -0.170. The normalized spacial score (nSPS) is 11.0. The third-order valence-electron chi connectivity index (χ3n) is 3.43. The number of carbonyl (C=O) groups is 1. The fourth-order valence-electron chi connectivity index (χ4n) is 2.23. The van der Waals surface area contributed by atoms with Crippen LogP contribution in [0.5, 0.6) is 0 Å². The fraction of sp³-hybridized carbons (Fsp3) is 0.286. The molecule has 3 rings (SSSR count). The van der Waals surface area contributed by atoms with Gasteiger partial charge in [0.1, 0.15) is 10.7 Å². The van der Waals surface area contributed by atoms with Crippen LogP contribution in [-0.2, 0) is 18.9 Å². The van der Waals surface area contributed by atoms with Crippen LogP contribution in [0.4, 0.5) is 5.13 Å². The Balaban J connectivity index is 1.88. The smallest absolute Gasteiger partial charge is 0.300 e. The lowest BCUT2D eigenvalue weighted by Crippen LogP contribution is -2.37. The van der Waals surface area contributed by atoms with Crippen LogP contribution in [0.15, 0.2) is 26.7 Å². The first kappa shape index (κ1) is 17.3. The topological polar surface area (TPSA) is 112 Å². The van der Waals surface area contributed by atoms with Gasteiger partial charge < -0.3 is 0 Å². The summed E-state index contributed by atoms with van der Waals surface area (Å²) in [4.78, 5) is 41.2. The summed E-state index contributed by atoms with van der Waals surface area (Å²) >= 11 is 2.48. The number of hydrogen-bond acceptors (Lipinski definition) is 8. The largest absolute Gasteiger partial charge is 0.332 e. The molecule has 0 saturated carbocycles. The molecular weight excluding hydrogens is 364 g/mol. The molecule has 0 radical (unpaired) electrons. The van der Waals surface area contributed by atoms with Crippen molar-refractivity contribution >= 4 is 45.2 Å². The molecular formula is C14H14N6O3S2. The first-order valence-electron chi connectivity index (χ1n) is 7.16. The zero-order valence-corrected chi connectivity index (χ0v) is 15.3. The molecule has 1 amide bonds. The van der Waals surface area contributed by atoms with Crippen LogP contribution in [-0.4, -0.2) is 36.0 Å². The van der Waals surface area contributed by atoms with E-state index in [1.165, 1.54) is 40.9 Å². The van der Waals surface area contributed by atoms with Crippen molar-refractivity contribution in [2.24, 2.45) is 14.1 Å². The molecule has 0 bridgehead atoms. The van der Waals surface area contributed by atoms with E-state index in [0.29, 0.717) is 21.1 Å². The van der Waals surface area contributed by atoms with Gasteiger partial charge in [0.05, 0.1) is 11.1 Å². The summed E-state index contributed by atoms with van der Waals surface area (Å²) in [6.45, 7) is 1.80. The maximum Gasteiger partial charge on any atom is 0.332 e. The highest BCUT2D eigenvalue weighted by molar-refractivity contribution is 8.00. The summed E-state index contributed by atoms with van der Waals surface area (Å²) in [5.41, 5.74) is -0.594. The van der Waals surface area contributed by atoms with Crippen LogP contribution in [0.3, 0.4) is 0 Å². The number of rotatable bonds is 4. The van der Waals surface area contributed by atoms with Gasteiger partial charge in [-0.1, -0.05) is 11.3 Å². The second-order valence-corrected chi connectivity index (χ2v) is 7.38. The first-order chi connectivity index (χ1) is 11.9. The Labute approximate surface area is 149 Å². The molecule has 3 aromatic rings. The van der Waals surface area contributed by atoms with Gasteiger partial charge in [-0.15, -0.1) is 22.0 Å². The summed E-state index contributed by atoms with van der Waals surface area (Å²) < 4.78 is 2.34. The average Bonchev–Trinajstić information content (AvgIpc) is 3.00. The third kappa shape index (κ3) is 3.33. The van der Waals surface area contributed by atoms with Gasteiger partial charge >= 0.3 is 5.69 Å². The average molecular weight is 378 g/mol. The Morgan fingerprint density at radius 2 is 2.04 bits per heavy atom. The molecule has 0 aliphatic heterocycles. The number of fused-ring (bicyclic) bond motifs is 1. The van der Waals surface area contributed by atoms with Gasteiger partial charge in [0.25, 0.3) is 5.56 Å². The number of thioether (sulfide) groups is 1. The van der Waals surface area contributed by atoms with E-state index < -0.39 is 11.2 Å². The number of carbonyl (C=O) groups excluding carboxylic acids is 1. The predicted molar refractivity (Wildman–Crippen MR) is 96.2 cm³/mol. The SMILES string of the molecule is Cc1nnc(NC(=O)CSc2ccnc3c2c(=O)n(C)c(=O)n3C)s1. The van der Waals surface area contributed by atoms with Gasteiger partial charge in [-0.25, -0.2) is 9.78 Å². The monoisotopic (exact) mass is 378 g/mol. The Kier molecular flexibility index (Phi) is 4.68. The van der Waals surface area contributed by atoms with E-state index in [0.717, 1.165) is 9.57 Å². The van der Waals surface area contributed by atoms with E-state index in [-0.39, 0.29) is 11.7 Å². The van der Waals surface area contributed by atoms with Crippen molar-refractivity contribution in [3.63, 3.8) is 0 Å². The Bertz CT molecular complexity index is 1080. The Morgan fingerprint density at radius 3 is 2.72 bits per heavy atom. The van der Waals surface area contributed by atoms with E-state index in [1.807, 2.05) is 0 Å². The second-order valence-electron chi connectivity index (χ2n) is 5.18.